The van der Waals surface area contributed by atoms with Crippen LogP contribution in [0.4, 0.5) is 0 Å². The first-order chi connectivity index (χ1) is 23.3. The number of rotatable bonds is 4. The molecule has 0 radical (unpaired) electrons. The van der Waals surface area contributed by atoms with Crippen LogP contribution in [-0.2, 0) is 0 Å². The molecule has 10 aromatic rings. The third kappa shape index (κ3) is 4.07. The smallest absolute Gasteiger partial charge is 0.231 e. The molecule has 0 unspecified atom stereocenters. The van der Waals surface area contributed by atoms with Gasteiger partial charge in [-0.1, -0.05) is 91.0 Å². The van der Waals surface area contributed by atoms with Gasteiger partial charge in [-0.05, 0) is 42.5 Å². The maximum atomic E-state index is 6.69. The first kappa shape index (κ1) is 25.7. The van der Waals surface area contributed by atoms with Crippen LogP contribution in [-0.4, -0.2) is 19.9 Å². The molecule has 0 bridgehead atoms. The van der Waals surface area contributed by atoms with Gasteiger partial charge in [-0.15, -0.1) is 0 Å². The van der Waals surface area contributed by atoms with Gasteiger partial charge in [0, 0.05) is 32.7 Å². The number of oxazole rings is 1. The van der Waals surface area contributed by atoms with E-state index in [1.165, 1.54) is 0 Å². The van der Waals surface area contributed by atoms with E-state index in [0.717, 1.165) is 66.1 Å². The largest absolute Gasteiger partial charge is 0.456 e. The van der Waals surface area contributed by atoms with E-state index >= 15 is 0 Å². The van der Waals surface area contributed by atoms with Crippen LogP contribution < -0.4 is 0 Å². The summed E-state index contributed by atoms with van der Waals surface area (Å²) >= 11 is 0. The second-order valence-corrected chi connectivity index (χ2v) is 11.4. The normalized spacial score (nSPS) is 11.8. The zero-order valence-electron chi connectivity index (χ0n) is 24.7. The third-order valence-corrected chi connectivity index (χ3v) is 8.59. The lowest BCUT2D eigenvalue weighted by Gasteiger charge is -2.08. The molecule has 220 valence electrons. The summed E-state index contributed by atoms with van der Waals surface area (Å²) < 4.78 is 19.0. The van der Waals surface area contributed by atoms with Crippen molar-refractivity contribution in [2.24, 2.45) is 0 Å². The van der Waals surface area contributed by atoms with Crippen molar-refractivity contribution in [3.8, 4) is 45.6 Å². The summed E-state index contributed by atoms with van der Waals surface area (Å²) in [5.41, 5.74) is 7.75. The van der Waals surface area contributed by atoms with Gasteiger partial charge in [-0.2, -0.15) is 0 Å². The molecule has 6 aromatic carbocycles. The van der Waals surface area contributed by atoms with Crippen LogP contribution in [0.1, 0.15) is 0 Å². The Kier molecular flexibility index (Phi) is 5.44. The monoisotopic (exact) mass is 606 g/mol. The van der Waals surface area contributed by atoms with Crippen molar-refractivity contribution in [3.63, 3.8) is 0 Å². The fraction of sp³-hybridized carbons (Fsp3) is 0. The highest BCUT2D eigenvalue weighted by Crippen LogP contribution is 2.40. The maximum absolute atomic E-state index is 6.69. The Bertz CT molecular complexity index is 2780. The Balaban J connectivity index is 1.18. The van der Waals surface area contributed by atoms with Gasteiger partial charge >= 0.3 is 0 Å². The molecule has 0 aliphatic heterocycles. The van der Waals surface area contributed by atoms with Crippen molar-refractivity contribution >= 4 is 55.0 Å². The Morgan fingerprint density at radius 2 is 1.00 bits per heavy atom. The molecule has 0 saturated carbocycles. The summed E-state index contributed by atoms with van der Waals surface area (Å²) in [6.07, 6.45) is 0. The molecule has 7 heteroatoms. The second kappa shape index (κ2) is 9.95. The first-order valence-corrected chi connectivity index (χ1v) is 15.3. The van der Waals surface area contributed by atoms with Gasteiger partial charge in [0.25, 0.3) is 0 Å². The summed E-state index contributed by atoms with van der Waals surface area (Å²) in [6.45, 7) is 0. The molecule has 47 heavy (non-hydrogen) atoms. The highest BCUT2D eigenvalue weighted by Gasteiger charge is 2.21. The highest BCUT2D eigenvalue weighted by molar-refractivity contribution is 6.12. The zero-order chi connectivity index (χ0) is 30.9. The molecule has 0 saturated heterocycles. The van der Waals surface area contributed by atoms with Crippen molar-refractivity contribution in [2.45, 2.75) is 0 Å². The zero-order valence-corrected chi connectivity index (χ0v) is 24.7. The second-order valence-electron chi connectivity index (χ2n) is 11.4. The number of benzene rings is 6. The lowest BCUT2D eigenvalue weighted by molar-refractivity contribution is 0.615. The topological polar surface area (TPSA) is 91.0 Å². The predicted molar refractivity (Wildman–Crippen MR) is 184 cm³/mol. The van der Waals surface area contributed by atoms with Gasteiger partial charge in [0.15, 0.2) is 23.1 Å². The van der Waals surface area contributed by atoms with Crippen molar-refractivity contribution in [3.05, 3.63) is 133 Å². The van der Waals surface area contributed by atoms with Crippen LogP contribution in [0.3, 0.4) is 0 Å². The molecule has 4 aromatic heterocycles. The minimum atomic E-state index is 0.506. The average Bonchev–Trinajstić information content (AvgIpc) is 3.84. The number of nitrogens with zero attached hydrogens (tertiary/aromatic N) is 4. The predicted octanol–water partition coefficient (Wildman–Crippen LogP) is 10.5. The van der Waals surface area contributed by atoms with Crippen LogP contribution in [0.25, 0.3) is 101 Å². The molecule has 0 N–H and O–H groups in total. The van der Waals surface area contributed by atoms with Gasteiger partial charge < -0.3 is 13.3 Å². The number of hydrogen-bond acceptors (Lipinski definition) is 7. The molecule has 0 spiro atoms. The third-order valence-electron chi connectivity index (χ3n) is 8.59. The standard InChI is InChI=1S/C40H22N4O3/c1-2-10-23(11-3-1)37-42-38(24-20-21-26-25-12-4-6-18-32(25)45-34(26)22-24)44-39(43-37)29-15-8-13-27-28-14-9-16-30(36(28)47-35(27)29)40-41-31-17-5-7-19-33(31)46-40/h1-22H. The van der Waals surface area contributed by atoms with Gasteiger partial charge in [0.1, 0.15) is 27.8 Å². The quantitative estimate of drug-likeness (QED) is 0.197. The van der Waals surface area contributed by atoms with Gasteiger partial charge in [0.2, 0.25) is 5.89 Å². The molecular weight excluding hydrogens is 584 g/mol. The van der Waals surface area contributed by atoms with Crippen molar-refractivity contribution in [2.75, 3.05) is 0 Å². The summed E-state index contributed by atoms with van der Waals surface area (Å²) in [5.74, 6) is 2.12. The van der Waals surface area contributed by atoms with Gasteiger partial charge in [0.05, 0.1) is 11.1 Å². The Hall–Kier alpha value is -6.60. The molecule has 0 fully saturated rings. The Morgan fingerprint density at radius 3 is 1.83 bits per heavy atom. The number of hydrogen-bond donors (Lipinski definition) is 0. The lowest BCUT2D eigenvalue weighted by atomic mass is 10.1. The summed E-state index contributed by atoms with van der Waals surface area (Å²) in [5, 5.41) is 4.02. The van der Waals surface area contributed by atoms with Crippen molar-refractivity contribution < 1.29 is 13.3 Å². The summed E-state index contributed by atoms with van der Waals surface area (Å²) in [6, 6.07) is 43.9. The lowest BCUT2D eigenvalue weighted by Crippen LogP contribution is -2.00. The number of para-hydroxylation sites is 5. The van der Waals surface area contributed by atoms with Crippen molar-refractivity contribution in [1.29, 1.82) is 0 Å². The SMILES string of the molecule is c1ccc(-c2nc(-c3ccc4c(c3)oc3ccccc34)nc(-c3cccc4c3oc3c(-c5nc6ccccc6o5)cccc34)n2)cc1. The maximum Gasteiger partial charge on any atom is 0.231 e. The van der Waals surface area contributed by atoms with E-state index in [1.54, 1.807) is 0 Å². The number of furan rings is 2. The van der Waals surface area contributed by atoms with E-state index in [4.69, 9.17) is 33.2 Å². The highest BCUT2D eigenvalue weighted by atomic mass is 16.4. The fourth-order valence-corrected chi connectivity index (χ4v) is 6.36. The van der Waals surface area contributed by atoms with Crippen molar-refractivity contribution in [1.82, 2.24) is 19.9 Å². The van der Waals surface area contributed by atoms with Crippen LogP contribution in [0.5, 0.6) is 0 Å². The van der Waals surface area contributed by atoms with Gasteiger partial charge in [-0.3, -0.25) is 0 Å². The molecule has 0 atom stereocenters. The van der Waals surface area contributed by atoms with Crippen LogP contribution in [0, 0.1) is 0 Å². The first-order valence-electron chi connectivity index (χ1n) is 15.3. The molecule has 0 aliphatic rings. The van der Waals surface area contributed by atoms with E-state index in [0.29, 0.717) is 34.5 Å². The minimum absolute atomic E-state index is 0.506. The van der Waals surface area contributed by atoms with E-state index < -0.39 is 0 Å². The number of fused-ring (bicyclic) bond motifs is 7. The summed E-state index contributed by atoms with van der Waals surface area (Å²) in [7, 11) is 0. The van der Waals surface area contributed by atoms with Crippen LogP contribution in [0.2, 0.25) is 0 Å². The molecule has 10 rings (SSSR count). The molecule has 0 aliphatic carbocycles. The Labute approximate surface area is 266 Å². The summed E-state index contributed by atoms with van der Waals surface area (Å²) in [4.78, 5) is 19.7. The van der Waals surface area contributed by atoms with E-state index in [9.17, 15) is 0 Å². The van der Waals surface area contributed by atoms with Gasteiger partial charge in [-0.25, -0.2) is 19.9 Å². The van der Waals surface area contributed by atoms with E-state index in [2.05, 4.69) is 18.2 Å². The van der Waals surface area contributed by atoms with Crippen LogP contribution in [0.15, 0.2) is 147 Å². The average molecular weight is 607 g/mol. The van der Waals surface area contributed by atoms with E-state index in [-0.39, 0.29) is 0 Å². The molecular formula is C40H22N4O3. The molecule has 7 nitrogen and oxygen atoms in total. The molecule has 4 heterocycles. The fourth-order valence-electron chi connectivity index (χ4n) is 6.36. The number of aromatic nitrogens is 4. The minimum Gasteiger partial charge on any atom is -0.456 e. The Morgan fingerprint density at radius 1 is 0.362 bits per heavy atom. The van der Waals surface area contributed by atoms with Crippen LogP contribution >= 0.6 is 0 Å². The molecule has 0 amide bonds. The van der Waals surface area contributed by atoms with E-state index in [1.807, 2.05) is 115 Å².